The van der Waals surface area contributed by atoms with E-state index in [9.17, 15) is 4.79 Å². The second kappa shape index (κ2) is 6.43. The fourth-order valence-corrected chi connectivity index (χ4v) is 2.06. The van der Waals surface area contributed by atoms with Crippen LogP contribution in [0.1, 0.15) is 22.5 Å². The van der Waals surface area contributed by atoms with Crippen LogP contribution >= 0.6 is 0 Å². The summed E-state index contributed by atoms with van der Waals surface area (Å²) < 4.78 is 1.84. The number of nitrogens with zero attached hydrogens (tertiary/aromatic N) is 2. The third-order valence-corrected chi connectivity index (χ3v) is 3.60. The van der Waals surface area contributed by atoms with Gasteiger partial charge in [0, 0.05) is 31.4 Å². The van der Waals surface area contributed by atoms with E-state index in [1.165, 1.54) is 5.56 Å². The average molecular weight is 286 g/mol. The van der Waals surface area contributed by atoms with Gasteiger partial charge in [-0.05, 0) is 50.1 Å². The molecule has 112 valence electrons. The second-order valence-corrected chi connectivity index (χ2v) is 5.33. The van der Waals surface area contributed by atoms with Crippen LogP contribution in [0.2, 0.25) is 0 Å². The fourth-order valence-electron chi connectivity index (χ4n) is 2.06. The van der Waals surface area contributed by atoms with Gasteiger partial charge in [0.25, 0.3) is 0 Å². The molecule has 0 fully saturated rings. The van der Waals surface area contributed by atoms with E-state index < -0.39 is 0 Å². The molecule has 1 aromatic heterocycles. The van der Waals surface area contributed by atoms with Crippen molar-refractivity contribution in [2.75, 3.05) is 11.9 Å². The standard InChI is InChI=1S/C16H22N4O/c1-11-5-6-14(9-12(11)2)18-16(21)17-8-7-15-10-13(3)20(4)19-15/h5-6,9-10H,7-8H2,1-4H3,(H2,17,18,21). The van der Waals surface area contributed by atoms with Crippen LogP contribution in [0.25, 0.3) is 0 Å². The Balaban J connectivity index is 1.80. The van der Waals surface area contributed by atoms with Crippen molar-refractivity contribution in [1.29, 1.82) is 0 Å². The summed E-state index contributed by atoms with van der Waals surface area (Å²) in [5.41, 5.74) is 5.29. The topological polar surface area (TPSA) is 59.0 Å². The number of rotatable bonds is 4. The van der Waals surface area contributed by atoms with Crippen LogP contribution in [0.5, 0.6) is 0 Å². The Morgan fingerprint density at radius 1 is 1.19 bits per heavy atom. The minimum Gasteiger partial charge on any atom is -0.337 e. The van der Waals surface area contributed by atoms with E-state index in [-0.39, 0.29) is 6.03 Å². The quantitative estimate of drug-likeness (QED) is 0.908. The van der Waals surface area contributed by atoms with Gasteiger partial charge in [0.2, 0.25) is 0 Å². The normalized spacial score (nSPS) is 10.5. The summed E-state index contributed by atoms with van der Waals surface area (Å²) in [6, 6.07) is 7.72. The molecule has 5 nitrogen and oxygen atoms in total. The smallest absolute Gasteiger partial charge is 0.319 e. The maximum absolute atomic E-state index is 11.8. The highest BCUT2D eigenvalue weighted by Gasteiger charge is 2.04. The van der Waals surface area contributed by atoms with E-state index in [4.69, 9.17) is 0 Å². The lowest BCUT2D eigenvalue weighted by Crippen LogP contribution is -2.30. The van der Waals surface area contributed by atoms with E-state index in [2.05, 4.69) is 15.7 Å². The SMILES string of the molecule is Cc1ccc(NC(=O)NCCc2cc(C)n(C)n2)cc1C. The van der Waals surface area contributed by atoms with Gasteiger partial charge in [-0.3, -0.25) is 4.68 Å². The Bertz CT molecular complexity index is 626. The predicted molar refractivity (Wildman–Crippen MR) is 84.6 cm³/mol. The Morgan fingerprint density at radius 3 is 2.57 bits per heavy atom. The molecule has 1 aromatic carbocycles. The van der Waals surface area contributed by atoms with Crippen LogP contribution in [-0.4, -0.2) is 22.4 Å². The summed E-state index contributed by atoms with van der Waals surface area (Å²) in [6.45, 7) is 6.65. The summed E-state index contributed by atoms with van der Waals surface area (Å²) in [5, 5.41) is 10.0. The van der Waals surface area contributed by atoms with Crippen molar-refractivity contribution in [3.8, 4) is 0 Å². The molecule has 0 radical (unpaired) electrons. The van der Waals surface area contributed by atoms with Crippen LogP contribution in [0.15, 0.2) is 24.3 Å². The molecule has 0 aliphatic heterocycles. The molecule has 0 bridgehead atoms. The molecular weight excluding hydrogens is 264 g/mol. The molecule has 2 rings (SSSR count). The minimum atomic E-state index is -0.189. The molecule has 21 heavy (non-hydrogen) atoms. The summed E-state index contributed by atoms with van der Waals surface area (Å²) >= 11 is 0. The first-order valence-electron chi connectivity index (χ1n) is 7.07. The maximum atomic E-state index is 11.8. The lowest BCUT2D eigenvalue weighted by atomic mass is 10.1. The van der Waals surface area contributed by atoms with Gasteiger partial charge in [-0.2, -0.15) is 5.10 Å². The lowest BCUT2D eigenvalue weighted by molar-refractivity contribution is 0.252. The number of hydrogen-bond acceptors (Lipinski definition) is 2. The number of urea groups is 1. The van der Waals surface area contributed by atoms with Crippen molar-refractivity contribution in [1.82, 2.24) is 15.1 Å². The Hall–Kier alpha value is -2.30. The number of amides is 2. The fraction of sp³-hybridized carbons (Fsp3) is 0.375. The average Bonchev–Trinajstić information content (AvgIpc) is 2.73. The third kappa shape index (κ3) is 4.08. The van der Waals surface area contributed by atoms with Crippen molar-refractivity contribution >= 4 is 11.7 Å². The van der Waals surface area contributed by atoms with E-state index in [1.807, 2.05) is 56.8 Å². The Kier molecular flexibility index (Phi) is 4.62. The lowest BCUT2D eigenvalue weighted by Gasteiger charge is -2.08. The second-order valence-electron chi connectivity index (χ2n) is 5.33. The molecule has 5 heteroatoms. The van der Waals surface area contributed by atoms with Gasteiger partial charge in [-0.1, -0.05) is 6.07 Å². The highest BCUT2D eigenvalue weighted by atomic mass is 16.2. The molecule has 0 aliphatic carbocycles. The number of anilines is 1. The molecule has 2 amide bonds. The van der Waals surface area contributed by atoms with Crippen molar-refractivity contribution in [2.24, 2.45) is 7.05 Å². The van der Waals surface area contributed by atoms with Crippen LogP contribution in [-0.2, 0) is 13.5 Å². The van der Waals surface area contributed by atoms with Crippen LogP contribution in [0, 0.1) is 20.8 Å². The third-order valence-electron chi connectivity index (χ3n) is 3.60. The largest absolute Gasteiger partial charge is 0.337 e. The van der Waals surface area contributed by atoms with Gasteiger partial charge in [0.05, 0.1) is 5.69 Å². The number of carbonyl (C=O) groups excluding carboxylic acids is 1. The molecule has 0 spiro atoms. The van der Waals surface area contributed by atoms with E-state index in [0.717, 1.165) is 29.1 Å². The maximum Gasteiger partial charge on any atom is 0.319 e. The van der Waals surface area contributed by atoms with E-state index >= 15 is 0 Å². The first-order chi connectivity index (χ1) is 9.95. The zero-order chi connectivity index (χ0) is 15.4. The molecule has 2 N–H and O–H groups in total. The molecule has 2 aromatic rings. The van der Waals surface area contributed by atoms with Crippen molar-refractivity contribution in [3.63, 3.8) is 0 Å². The van der Waals surface area contributed by atoms with Gasteiger partial charge in [0.1, 0.15) is 0 Å². The van der Waals surface area contributed by atoms with Crippen LogP contribution < -0.4 is 10.6 Å². The zero-order valence-electron chi connectivity index (χ0n) is 13.0. The summed E-state index contributed by atoms with van der Waals surface area (Å²) in [5.74, 6) is 0. The summed E-state index contributed by atoms with van der Waals surface area (Å²) in [7, 11) is 1.92. The number of hydrogen-bond donors (Lipinski definition) is 2. The van der Waals surface area contributed by atoms with Gasteiger partial charge in [-0.25, -0.2) is 4.79 Å². The first kappa shape index (κ1) is 15.1. The molecule has 0 aliphatic rings. The predicted octanol–water partition coefficient (Wildman–Crippen LogP) is 2.71. The van der Waals surface area contributed by atoms with Crippen molar-refractivity contribution in [3.05, 3.63) is 46.8 Å². The summed E-state index contributed by atoms with van der Waals surface area (Å²) in [6.07, 6.45) is 0.724. The number of carbonyl (C=O) groups is 1. The van der Waals surface area contributed by atoms with Gasteiger partial charge < -0.3 is 10.6 Å². The first-order valence-corrected chi connectivity index (χ1v) is 7.07. The van der Waals surface area contributed by atoms with Gasteiger partial charge in [-0.15, -0.1) is 0 Å². The van der Waals surface area contributed by atoms with Crippen LogP contribution in [0.3, 0.4) is 0 Å². The highest BCUT2D eigenvalue weighted by Crippen LogP contribution is 2.13. The van der Waals surface area contributed by atoms with Gasteiger partial charge >= 0.3 is 6.03 Å². The monoisotopic (exact) mass is 286 g/mol. The highest BCUT2D eigenvalue weighted by molar-refractivity contribution is 5.89. The number of aryl methyl sites for hydroxylation is 4. The number of aromatic nitrogens is 2. The molecule has 0 unspecified atom stereocenters. The Labute approximate surface area is 125 Å². The van der Waals surface area contributed by atoms with Crippen molar-refractivity contribution < 1.29 is 4.79 Å². The Morgan fingerprint density at radius 2 is 1.95 bits per heavy atom. The molecule has 0 atom stereocenters. The number of benzene rings is 1. The van der Waals surface area contributed by atoms with E-state index in [1.54, 1.807) is 0 Å². The van der Waals surface area contributed by atoms with Gasteiger partial charge in [0.15, 0.2) is 0 Å². The molecular formula is C16H22N4O. The van der Waals surface area contributed by atoms with Crippen molar-refractivity contribution in [2.45, 2.75) is 27.2 Å². The minimum absolute atomic E-state index is 0.189. The van der Waals surface area contributed by atoms with Crippen LogP contribution in [0.4, 0.5) is 10.5 Å². The number of nitrogens with one attached hydrogen (secondary N) is 2. The molecule has 0 saturated heterocycles. The summed E-state index contributed by atoms with van der Waals surface area (Å²) in [4.78, 5) is 11.8. The van der Waals surface area contributed by atoms with E-state index in [0.29, 0.717) is 6.54 Å². The zero-order valence-corrected chi connectivity index (χ0v) is 13.0. The molecule has 0 saturated carbocycles. The molecule has 1 heterocycles.